The largest absolute Gasteiger partial charge is 0.469 e. The highest BCUT2D eigenvalue weighted by Gasteiger charge is 2.24. The number of methoxy groups -OCH3 is 1. The van der Waals surface area contributed by atoms with E-state index in [2.05, 4.69) is 4.74 Å². The van der Waals surface area contributed by atoms with Crippen LogP contribution in [-0.2, 0) is 14.3 Å². The molecule has 1 aliphatic carbocycles. The maximum Gasteiger partial charge on any atom is 0.305 e. The molecule has 0 heterocycles. The van der Waals surface area contributed by atoms with Crippen molar-refractivity contribution < 1.29 is 27.5 Å². The molecular formula is C17H15F3O3. The molecule has 0 saturated carbocycles. The third-order valence-electron chi connectivity index (χ3n) is 3.59. The second-order valence-electron chi connectivity index (χ2n) is 5.18. The highest BCUT2D eigenvalue weighted by atomic mass is 19.2. The van der Waals surface area contributed by atoms with Gasteiger partial charge in [-0.2, -0.15) is 0 Å². The summed E-state index contributed by atoms with van der Waals surface area (Å²) in [6.45, 7) is 0. The molecule has 1 unspecified atom stereocenters. The van der Waals surface area contributed by atoms with Crippen molar-refractivity contribution in [1.29, 1.82) is 0 Å². The molecule has 6 heteroatoms. The van der Waals surface area contributed by atoms with E-state index in [9.17, 15) is 22.8 Å². The molecule has 0 N–H and O–H groups in total. The van der Waals surface area contributed by atoms with E-state index in [0.717, 1.165) is 0 Å². The average Bonchev–Trinajstić information content (AvgIpc) is 2.51. The summed E-state index contributed by atoms with van der Waals surface area (Å²) in [4.78, 5) is 23.1. The van der Waals surface area contributed by atoms with E-state index in [1.165, 1.54) is 19.3 Å². The van der Waals surface area contributed by atoms with Crippen molar-refractivity contribution in [1.82, 2.24) is 0 Å². The molecule has 0 bridgehead atoms. The van der Waals surface area contributed by atoms with Gasteiger partial charge in [-0.1, -0.05) is 12.2 Å². The number of hydrogen-bond acceptors (Lipinski definition) is 3. The van der Waals surface area contributed by atoms with Crippen molar-refractivity contribution in [3.63, 3.8) is 0 Å². The van der Waals surface area contributed by atoms with Crippen LogP contribution in [0.2, 0.25) is 0 Å². The summed E-state index contributed by atoms with van der Waals surface area (Å²) >= 11 is 0. The van der Waals surface area contributed by atoms with Crippen LogP contribution in [0.5, 0.6) is 0 Å². The lowest BCUT2D eigenvalue weighted by Gasteiger charge is -2.16. The summed E-state index contributed by atoms with van der Waals surface area (Å²) in [6, 6.07) is 1.13. The van der Waals surface area contributed by atoms with E-state index >= 15 is 0 Å². The fourth-order valence-corrected chi connectivity index (χ4v) is 2.36. The number of halogens is 3. The predicted molar refractivity (Wildman–Crippen MR) is 77.2 cm³/mol. The molecule has 0 aliphatic heterocycles. The maximum atomic E-state index is 13.8. The van der Waals surface area contributed by atoms with Crippen LogP contribution < -0.4 is 0 Å². The summed E-state index contributed by atoms with van der Waals surface area (Å²) in [6.07, 6.45) is 5.65. The Hall–Kier alpha value is -2.37. The summed E-state index contributed by atoms with van der Waals surface area (Å²) < 4.78 is 44.5. The van der Waals surface area contributed by atoms with Crippen molar-refractivity contribution in [3.05, 3.63) is 58.9 Å². The zero-order chi connectivity index (χ0) is 17.0. The highest BCUT2D eigenvalue weighted by molar-refractivity contribution is 5.99. The summed E-state index contributed by atoms with van der Waals surface area (Å²) in [5.74, 6) is -5.18. The molecule has 0 fully saturated rings. The number of carbonyl (C=O) groups excluding carboxylic acids is 2. The number of benzene rings is 1. The Morgan fingerprint density at radius 3 is 2.52 bits per heavy atom. The zero-order valence-corrected chi connectivity index (χ0v) is 12.4. The lowest BCUT2D eigenvalue weighted by atomic mass is 9.87. The van der Waals surface area contributed by atoms with Gasteiger partial charge in [0.2, 0.25) is 0 Å². The van der Waals surface area contributed by atoms with Gasteiger partial charge in [0.25, 0.3) is 0 Å². The zero-order valence-electron chi connectivity index (χ0n) is 12.4. The van der Waals surface area contributed by atoms with E-state index in [1.54, 1.807) is 6.08 Å². The Morgan fingerprint density at radius 2 is 1.87 bits per heavy atom. The quantitative estimate of drug-likeness (QED) is 0.614. The normalized spacial score (nSPS) is 17.1. The van der Waals surface area contributed by atoms with Gasteiger partial charge in [-0.25, -0.2) is 13.2 Å². The Kier molecular flexibility index (Phi) is 5.36. The number of esters is 1. The lowest BCUT2D eigenvalue weighted by molar-refractivity contribution is -0.140. The molecule has 2 rings (SSSR count). The smallest absolute Gasteiger partial charge is 0.305 e. The van der Waals surface area contributed by atoms with Crippen molar-refractivity contribution in [3.8, 4) is 0 Å². The van der Waals surface area contributed by atoms with Gasteiger partial charge in [-0.15, -0.1) is 0 Å². The van der Waals surface area contributed by atoms with Crippen LogP contribution in [-0.4, -0.2) is 18.9 Å². The van der Waals surface area contributed by atoms with Crippen LogP contribution in [0, 0.1) is 17.5 Å². The Balaban J connectivity index is 2.07. The van der Waals surface area contributed by atoms with Gasteiger partial charge >= 0.3 is 5.97 Å². The first-order valence-electron chi connectivity index (χ1n) is 7.06. The molecule has 0 saturated heterocycles. The van der Waals surface area contributed by atoms with Gasteiger partial charge in [0.05, 0.1) is 13.0 Å². The third kappa shape index (κ3) is 4.09. The Labute approximate surface area is 131 Å². The maximum absolute atomic E-state index is 13.8. The fraction of sp³-hybridized carbons (Fsp3) is 0.294. The number of carbonyl (C=O) groups is 2. The monoisotopic (exact) mass is 324 g/mol. The van der Waals surface area contributed by atoms with E-state index in [4.69, 9.17) is 0 Å². The average molecular weight is 324 g/mol. The molecule has 3 nitrogen and oxygen atoms in total. The number of ether oxygens (including phenoxy) is 1. The summed E-state index contributed by atoms with van der Waals surface area (Å²) in [5.41, 5.74) is 0.494. The molecule has 1 aromatic rings. The van der Waals surface area contributed by atoms with Crippen LogP contribution in [0.15, 0.2) is 35.9 Å². The fourth-order valence-electron chi connectivity index (χ4n) is 2.36. The highest BCUT2D eigenvalue weighted by Crippen LogP contribution is 2.29. The van der Waals surface area contributed by atoms with Crippen molar-refractivity contribution in [2.24, 2.45) is 0 Å². The summed E-state index contributed by atoms with van der Waals surface area (Å²) in [7, 11) is 1.30. The van der Waals surface area contributed by atoms with Crippen molar-refractivity contribution in [2.75, 3.05) is 7.11 Å². The molecule has 0 amide bonds. The minimum Gasteiger partial charge on any atom is -0.469 e. The minimum absolute atomic E-state index is 0.199. The topological polar surface area (TPSA) is 43.4 Å². The Bertz CT molecular complexity index is 693. The number of hydrogen-bond donors (Lipinski definition) is 0. The van der Waals surface area contributed by atoms with Crippen LogP contribution in [0.4, 0.5) is 13.2 Å². The molecule has 23 heavy (non-hydrogen) atoms. The van der Waals surface area contributed by atoms with Gasteiger partial charge in [-0.05, 0) is 30.6 Å². The van der Waals surface area contributed by atoms with E-state index in [1.807, 2.05) is 0 Å². The molecular weight excluding hydrogens is 309 g/mol. The van der Waals surface area contributed by atoms with Gasteiger partial charge in [0.15, 0.2) is 17.4 Å². The van der Waals surface area contributed by atoms with Gasteiger partial charge in [0.1, 0.15) is 5.82 Å². The van der Waals surface area contributed by atoms with Crippen molar-refractivity contribution in [2.45, 2.75) is 25.2 Å². The second-order valence-corrected chi connectivity index (χ2v) is 5.18. The van der Waals surface area contributed by atoms with E-state index < -0.39 is 29.2 Å². The first kappa shape index (κ1) is 17.0. The van der Waals surface area contributed by atoms with Crippen LogP contribution in [0.1, 0.15) is 30.7 Å². The molecule has 122 valence electrons. The van der Waals surface area contributed by atoms with Crippen LogP contribution >= 0.6 is 0 Å². The predicted octanol–water partition coefficient (Wildman–Crippen LogP) is 3.60. The number of rotatable bonds is 5. The first-order chi connectivity index (χ1) is 10.9. The van der Waals surface area contributed by atoms with Gasteiger partial charge in [0, 0.05) is 18.1 Å². The first-order valence-corrected chi connectivity index (χ1v) is 7.06. The van der Waals surface area contributed by atoms with Crippen LogP contribution in [0.25, 0.3) is 0 Å². The molecule has 0 spiro atoms. The Morgan fingerprint density at radius 1 is 1.17 bits per heavy atom. The minimum atomic E-state index is -1.29. The van der Waals surface area contributed by atoms with E-state index in [-0.39, 0.29) is 18.0 Å². The van der Waals surface area contributed by atoms with Crippen molar-refractivity contribution >= 4 is 11.8 Å². The molecule has 1 aliphatic rings. The third-order valence-corrected chi connectivity index (χ3v) is 3.59. The molecule has 0 aromatic heterocycles. The summed E-state index contributed by atoms with van der Waals surface area (Å²) in [5, 5.41) is 0. The number of allylic oxidation sites excluding steroid dienone is 4. The molecule has 1 atom stereocenters. The van der Waals surface area contributed by atoms with E-state index in [0.29, 0.717) is 30.5 Å². The SMILES string of the molecule is COC(=O)CCCC1=CC(=O)C(c2cc(F)c(F)cc2F)C=C1. The van der Waals surface area contributed by atoms with Crippen LogP contribution in [0.3, 0.4) is 0 Å². The number of ketones is 1. The second kappa shape index (κ2) is 7.26. The lowest BCUT2D eigenvalue weighted by Crippen LogP contribution is -2.14. The molecule has 0 radical (unpaired) electrons. The molecule has 1 aromatic carbocycles. The van der Waals surface area contributed by atoms with Gasteiger partial charge < -0.3 is 4.74 Å². The van der Waals surface area contributed by atoms with Gasteiger partial charge in [-0.3, -0.25) is 9.59 Å². The standard InChI is InChI=1S/C17H15F3O3/c1-23-17(22)4-2-3-10-5-6-11(16(21)7-10)12-8-14(19)15(20)9-13(12)18/h5-9,11H,2-4H2,1H3.